The maximum absolute atomic E-state index is 12.9. The van der Waals surface area contributed by atoms with Crippen LogP contribution in [0, 0.1) is 0 Å². The predicted molar refractivity (Wildman–Crippen MR) is 98.0 cm³/mol. The predicted octanol–water partition coefficient (Wildman–Crippen LogP) is 1.31. The highest BCUT2D eigenvalue weighted by Gasteiger charge is 2.30. The number of hydrogen-bond donors (Lipinski definition) is 1. The van der Waals surface area contributed by atoms with Crippen LogP contribution >= 0.6 is 0 Å². The van der Waals surface area contributed by atoms with Gasteiger partial charge in [-0.2, -0.15) is 4.31 Å². The Morgan fingerprint density at radius 2 is 1.76 bits per heavy atom. The molecule has 0 aromatic heterocycles. The zero-order chi connectivity index (χ0) is 17.7. The molecular formula is C18H27N3O3S. The molecule has 1 amide bonds. The zero-order valence-corrected chi connectivity index (χ0v) is 15.4. The van der Waals surface area contributed by atoms with Crippen molar-refractivity contribution in [2.75, 3.05) is 38.5 Å². The molecule has 1 N–H and O–H groups in total. The first-order valence-electron chi connectivity index (χ1n) is 9.12. The maximum atomic E-state index is 12.9. The zero-order valence-electron chi connectivity index (χ0n) is 14.6. The molecule has 1 saturated carbocycles. The summed E-state index contributed by atoms with van der Waals surface area (Å²) in [4.78, 5) is 14.7. The molecule has 0 unspecified atom stereocenters. The molecule has 1 aliphatic heterocycles. The second-order valence-electron chi connectivity index (χ2n) is 6.77. The lowest BCUT2D eigenvalue weighted by atomic mass is 10.1. The van der Waals surface area contributed by atoms with E-state index in [9.17, 15) is 13.2 Å². The van der Waals surface area contributed by atoms with E-state index in [1.54, 1.807) is 21.3 Å². The Kier molecular flexibility index (Phi) is 6.09. The molecule has 138 valence electrons. The van der Waals surface area contributed by atoms with E-state index < -0.39 is 10.0 Å². The minimum atomic E-state index is -3.32. The summed E-state index contributed by atoms with van der Waals surface area (Å²) in [6, 6.07) is 9.33. The number of nitrogens with zero attached hydrogens (tertiary/aromatic N) is 2. The number of sulfonamides is 1. The Bertz CT molecular complexity index is 666. The van der Waals surface area contributed by atoms with Gasteiger partial charge in [0.15, 0.2) is 0 Å². The second kappa shape index (κ2) is 8.29. The molecule has 25 heavy (non-hydrogen) atoms. The highest BCUT2D eigenvalue weighted by Crippen LogP contribution is 2.25. The molecule has 1 aromatic rings. The lowest BCUT2D eigenvalue weighted by Gasteiger charge is -2.31. The van der Waals surface area contributed by atoms with Gasteiger partial charge in [0.25, 0.3) is 5.91 Å². The van der Waals surface area contributed by atoms with Crippen molar-refractivity contribution in [2.24, 2.45) is 0 Å². The number of rotatable bonds is 6. The summed E-state index contributed by atoms with van der Waals surface area (Å²) in [5, 5.41) is 3.17. The molecular weight excluding hydrogens is 338 g/mol. The molecule has 6 nitrogen and oxygen atoms in total. The quantitative estimate of drug-likeness (QED) is 0.825. The first-order chi connectivity index (χ1) is 12.1. The van der Waals surface area contributed by atoms with Crippen molar-refractivity contribution < 1.29 is 13.2 Å². The van der Waals surface area contributed by atoms with Crippen LogP contribution in [0.5, 0.6) is 0 Å². The van der Waals surface area contributed by atoms with Gasteiger partial charge in [0, 0.05) is 44.3 Å². The van der Waals surface area contributed by atoms with Crippen LogP contribution in [0.1, 0.15) is 36.0 Å². The fraction of sp³-hybridized carbons (Fsp3) is 0.611. The number of carbonyl (C=O) groups is 1. The van der Waals surface area contributed by atoms with Crippen LogP contribution in [-0.4, -0.2) is 68.0 Å². The first kappa shape index (κ1) is 18.4. The van der Waals surface area contributed by atoms with Crippen LogP contribution < -0.4 is 5.32 Å². The smallest absolute Gasteiger partial charge is 0.254 e. The summed E-state index contributed by atoms with van der Waals surface area (Å²) in [5.74, 6) is -0.0507. The average Bonchev–Trinajstić information content (AvgIpc) is 3.17. The molecule has 0 radical (unpaired) electrons. The van der Waals surface area contributed by atoms with Gasteiger partial charge >= 0.3 is 0 Å². The largest absolute Gasteiger partial charge is 0.335 e. The second-order valence-corrected chi connectivity index (χ2v) is 8.86. The van der Waals surface area contributed by atoms with E-state index >= 15 is 0 Å². The summed E-state index contributed by atoms with van der Waals surface area (Å²) >= 11 is 0. The van der Waals surface area contributed by atoms with E-state index in [1.807, 2.05) is 18.2 Å². The SMILES string of the molecule is O=C(c1ccccc1)N(CCS(=O)(=O)N1CCNCC1)C1CCCC1. The molecule has 0 atom stereocenters. The Labute approximate surface area is 150 Å². The normalized spacial score (nSPS) is 19.8. The lowest BCUT2D eigenvalue weighted by molar-refractivity contribution is 0.0694. The number of nitrogens with one attached hydrogen (secondary N) is 1. The first-order valence-corrected chi connectivity index (χ1v) is 10.7. The minimum absolute atomic E-state index is 0.00206. The van der Waals surface area contributed by atoms with Gasteiger partial charge < -0.3 is 10.2 Å². The van der Waals surface area contributed by atoms with Crippen LogP contribution in [-0.2, 0) is 10.0 Å². The third kappa shape index (κ3) is 4.59. The van der Waals surface area contributed by atoms with Gasteiger partial charge in [0.1, 0.15) is 0 Å². The van der Waals surface area contributed by atoms with E-state index in [0.717, 1.165) is 25.7 Å². The lowest BCUT2D eigenvalue weighted by Crippen LogP contribution is -2.49. The monoisotopic (exact) mass is 365 g/mol. The van der Waals surface area contributed by atoms with Crippen molar-refractivity contribution in [1.82, 2.24) is 14.5 Å². The van der Waals surface area contributed by atoms with E-state index in [0.29, 0.717) is 31.7 Å². The van der Waals surface area contributed by atoms with Crippen molar-refractivity contribution >= 4 is 15.9 Å². The summed E-state index contributed by atoms with van der Waals surface area (Å²) in [6.07, 6.45) is 4.14. The summed E-state index contributed by atoms with van der Waals surface area (Å²) in [7, 11) is -3.32. The van der Waals surface area contributed by atoms with E-state index in [4.69, 9.17) is 0 Å². The van der Waals surface area contributed by atoms with Gasteiger partial charge in [-0.25, -0.2) is 8.42 Å². The van der Waals surface area contributed by atoms with Crippen molar-refractivity contribution in [3.05, 3.63) is 35.9 Å². The van der Waals surface area contributed by atoms with E-state index in [-0.39, 0.29) is 24.2 Å². The molecule has 2 aliphatic rings. The number of benzene rings is 1. The third-order valence-electron chi connectivity index (χ3n) is 5.11. The van der Waals surface area contributed by atoms with Gasteiger partial charge in [0.2, 0.25) is 10.0 Å². The Morgan fingerprint density at radius 1 is 1.12 bits per heavy atom. The highest BCUT2D eigenvalue weighted by molar-refractivity contribution is 7.89. The number of piperazine rings is 1. The third-order valence-corrected chi connectivity index (χ3v) is 6.96. The molecule has 0 spiro atoms. The van der Waals surface area contributed by atoms with E-state index in [1.165, 1.54) is 0 Å². The molecule has 0 bridgehead atoms. The summed E-state index contributed by atoms with van der Waals surface area (Å²) in [6.45, 7) is 2.67. The fourth-order valence-electron chi connectivity index (χ4n) is 3.68. The van der Waals surface area contributed by atoms with Gasteiger partial charge in [-0.05, 0) is 25.0 Å². The van der Waals surface area contributed by atoms with Crippen LogP contribution in [0.3, 0.4) is 0 Å². The highest BCUT2D eigenvalue weighted by atomic mass is 32.2. The topological polar surface area (TPSA) is 69.7 Å². The summed E-state index contributed by atoms with van der Waals surface area (Å²) < 4.78 is 26.8. The van der Waals surface area contributed by atoms with Crippen LogP contribution in [0.4, 0.5) is 0 Å². The van der Waals surface area contributed by atoms with Crippen molar-refractivity contribution in [3.8, 4) is 0 Å². The molecule has 3 rings (SSSR count). The number of carbonyl (C=O) groups excluding carboxylic acids is 1. The molecule has 2 fully saturated rings. The van der Waals surface area contributed by atoms with Crippen LogP contribution in [0.15, 0.2) is 30.3 Å². The molecule has 7 heteroatoms. The van der Waals surface area contributed by atoms with Crippen molar-refractivity contribution in [1.29, 1.82) is 0 Å². The Morgan fingerprint density at radius 3 is 2.40 bits per heavy atom. The Balaban J connectivity index is 1.70. The standard InChI is InChI=1S/C18H27N3O3S/c22-18(16-6-2-1-3-7-16)21(17-8-4-5-9-17)14-15-25(23,24)20-12-10-19-11-13-20/h1-3,6-7,17,19H,4-5,8-15H2. The Hall–Kier alpha value is -1.44. The van der Waals surface area contributed by atoms with E-state index in [2.05, 4.69) is 5.32 Å². The van der Waals surface area contributed by atoms with Crippen LogP contribution in [0.25, 0.3) is 0 Å². The fourth-order valence-corrected chi connectivity index (χ4v) is 5.10. The molecule has 1 heterocycles. The van der Waals surface area contributed by atoms with Crippen LogP contribution in [0.2, 0.25) is 0 Å². The average molecular weight is 365 g/mol. The number of hydrogen-bond acceptors (Lipinski definition) is 4. The van der Waals surface area contributed by atoms with Gasteiger partial charge in [-0.15, -0.1) is 0 Å². The van der Waals surface area contributed by atoms with Crippen molar-refractivity contribution in [2.45, 2.75) is 31.7 Å². The molecule has 1 aromatic carbocycles. The van der Waals surface area contributed by atoms with Gasteiger partial charge in [0.05, 0.1) is 5.75 Å². The summed E-state index contributed by atoms with van der Waals surface area (Å²) in [5.41, 5.74) is 0.633. The molecule has 1 aliphatic carbocycles. The maximum Gasteiger partial charge on any atom is 0.254 e. The number of amides is 1. The van der Waals surface area contributed by atoms with Crippen molar-refractivity contribution in [3.63, 3.8) is 0 Å². The van der Waals surface area contributed by atoms with Gasteiger partial charge in [-0.3, -0.25) is 4.79 Å². The minimum Gasteiger partial charge on any atom is -0.335 e. The molecule has 1 saturated heterocycles. The van der Waals surface area contributed by atoms with Gasteiger partial charge in [-0.1, -0.05) is 31.0 Å².